The van der Waals surface area contributed by atoms with E-state index in [-0.39, 0.29) is 12.1 Å². The maximum atomic E-state index is 6.35. The summed E-state index contributed by atoms with van der Waals surface area (Å²) in [6.45, 7) is 8.65. The van der Waals surface area contributed by atoms with Crippen molar-refractivity contribution in [1.29, 1.82) is 0 Å². The molecule has 6 heteroatoms. The Morgan fingerprint density at radius 2 is 2.37 bits per heavy atom. The smallest absolute Gasteiger partial charge is 0.0910 e. The Morgan fingerprint density at radius 3 is 3.05 bits per heavy atom. The lowest BCUT2D eigenvalue weighted by atomic mass is 10.1. The number of aromatic nitrogens is 2. The molecule has 5 nitrogen and oxygen atoms in total. The summed E-state index contributed by atoms with van der Waals surface area (Å²) in [5.74, 6) is 0. The number of hydrogen-bond acceptors (Lipinski definition) is 4. The molecule has 2 rings (SSSR count). The van der Waals surface area contributed by atoms with Crippen LogP contribution in [-0.2, 0) is 11.3 Å². The van der Waals surface area contributed by atoms with Crippen molar-refractivity contribution in [1.82, 2.24) is 14.7 Å². The minimum atomic E-state index is -0.227. The van der Waals surface area contributed by atoms with Gasteiger partial charge in [0.05, 0.1) is 35.7 Å². The molecule has 2 N–H and O–H groups in total. The molecule has 19 heavy (non-hydrogen) atoms. The first kappa shape index (κ1) is 14.8. The standard InChI is InChI=1S/C13H23ClN4O/c1-3-5-17-6-7-19-11(9-17)12(15)13-10(14)8-16-18(13)4-2/h8,11-12H,3-7,9,15H2,1-2H3. The average molecular weight is 287 g/mol. The van der Waals surface area contributed by atoms with E-state index in [0.717, 1.165) is 44.9 Å². The first-order chi connectivity index (χ1) is 9.17. The molecule has 0 saturated carbocycles. The summed E-state index contributed by atoms with van der Waals surface area (Å²) in [6, 6.07) is -0.227. The summed E-state index contributed by atoms with van der Waals surface area (Å²) in [4.78, 5) is 2.40. The maximum absolute atomic E-state index is 6.35. The van der Waals surface area contributed by atoms with Gasteiger partial charge in [-0.1, -0.05) is 18.5 Å². The third-order valence-corrected chi connectivity index (χ3v) is 3.86. The minimum Gasteiger partial charge on any atom is -0.374 e. The van der Waals surface area contributed by atoms with Crippen molar-refractivity contribution < 1.29 is 4.74 Å². The van der Waals surface area contributed by atoms with Gasteiger partial charge in [0.15, 0.2) is 0 Å². The molecule has 0 aliphatic carbocycles. The first-order valence-corrected chi connectivity index (χ1v) is 7.35. The van der Waals surface area contributed by atoms with E-state index in [1.807, 2.05) is 11.6 Å². The van der Waals surface area contributed by atoms with Crippen molar-refractivity contribution in [3.05, 3.63) is 16.9 Å². The molecule has 1 fully saturated rings. The Hall–Kier alpha value is -0.620. The topological polar surface area (TPSA) is 56.3 Å². The van der Waals surface area contributed by atoms with E-state index < -0.39 is 0 Å². The van der Waals surface area contributed by atoms with E-state index >= 15 is 0 Å². The van der Waals surface area contributed by atoms with Crippen LogP contribution in [0.2, 0.25) is 5.02 Å². The van der Waals surface area contributed by atoms with Crippen molar-refractivity contribution in [2.75, 3.05) is 26.2 Å². The molecule has 1 aromatic heterocycles. The van der Waals surface area contributed by atoms with Gasteiger partial charge < -0.3 is 10.5 Å². The van der Waals surface area contributed by atoms with Gasteiger partial charge in [0.2, 0.25) is 0 Å². The van der Waals surface area contributed by atoms with Crippen LogP contribution < -0.4 is 5.73 Å². The lowest BCUT2D eigenvalue weighted by Gasteiger charge is -2.35. The second kappa shape index (κ2) is 6.70. The van der Waals surface area contributed by atoms with Crippen LogP contribution in [0.3, 0.4) is 0 Å². The number of ether oxygens (including phenoxy) is 1. The molecule has 1 saturated heterocycles. The Morgan fingerprint density at radius 1 is 1.58 bits per heavy atom. The predicted molar refractivity (Wildman–Crippen MR) is 76.3 cm³/mol. The van der Waals surface area contributed by atoms with Gasteiger partial charge in [0, 0.05) is 19.6 Å². The van der Waals surface area contributed by atoms with Crippen LogP contribution in [0.15, 0.2) is 6.20 Å². The zero-order valence-corrected chi connectivity index (χ0v) is 12.4. The number of nitrogens with zero attached hydrogens (tertiary/aromatic N) is 3. The van der Waals surface area contributed by atoms with Crippen LogP contribution in [0.5, 0.6) is 0 Å². The highest BCUT2D eigenvalue weighted by atomic mass is 35.5. The molecular weight excluding hydrogens is 264 g/mol. The van der Waals surface area contributed by atoms with Gasteiger partial charge in [0.25, 0.3) is 0 Å². The van der Waals surface area contributed by atoms with Crippen molar-refractivity contribution >= 4 is 11.6 Å². The fourth-order valence-electron chi connectivity index (χ4n) is 2.60. The summed E-state index contributed by atoms with van der Waals surface area (Å²) >= 11 is 6.20. The molecule has 2 heterocycles. The van der Waals surface area contributed by atoms with Crippen molar-refractivity contribution in [2.24, 2.45) is 5.73 Å². The number of morpholine rings is 1. The highest BCUT2D eigenvalue weighted by Gasteiger charge is 2.30. The zero-order valence-electron chi connectivity index (χ0n) is 11.7. The Kier molecular flexibility index (Phi) is 5.21. The summed E-state index contributed by atoms with van der Waals surface area (Å²) in [7, 11) is 0. The van der Waals surface area contributed by atoms with Gasteiger partial charge in [0.1, 0.15) is 0 Å². The van der Waals surface area contributed by atoms with Gasteiger partial charge >= 0.3 is 0 Å². The third-order valence-electron chi connectivity index (χ3n) is 3.57. The lowest BCUT2D eigenvalue weighted by Crippen LogP contribution is -2.47. The molecule has 0 spiro atoms. The Bertz CT molecular complexity index is 407. The van der Waals surface area contributed by atoms with Gasteiger partial charge in [-0.05, 0) is 19.9 Å². The second-order valence-electron chi connectivity index (χ2n) is 4.93. The molecule has 1 aliphatic rings. The van der Waals surface area contributed by atoms with E-state index in [1.165, 1.54) is 0 Å². The van der Waals surface area contributed by atoms with E-state index in [9.17, 15) is 0 Å². The van der Waals surface area contributed by atoms with E-state index in [1.54, 1.807) is 6.20 Å². The predicted octanol–water partition coefficient (Wildman–Crippen LogP) is 1.67. The third kappa shape index (κ3) is 3.28. The highest BCUT2D eigenvalue weighted by molar-refractivity contribution is 6.31. The minimum absolute atomic E-state index is 0.0141. The van der Waals surface area contributed by atoms with Crippen molar-refractivity contribution in [2.45, 2.75) is 39.0 Å². The quantitative estimate of drug-likeness (QED) is 0.894. The largest absolute Gasteiger partial charge is 0.374 e. The van der Waals surface area contributed by atoms with Crippen LogP contribution in [0.4, 0.5) is 0 Å². The fourth-order valence-corrected chi connectivity index (χ4v) is 2.87. The maximum Gasteiger partial charge on any atom is 0.0910 e. The van der Waals surface area contributed by atoms with Crippen molar-refractivity contribution in [3.63, 3.8) is 0 Å². The van der Waals surface area contributed by atoms with Gasteiger partial charge in [-0.2, -0.15) is 5.10 Å². The number of hydrogen-bond donors (Lipinski definition) is 1. The van der Waals surface area contributed by atoms with Crippen molar-refractivity contribution in [3.8, 4) is 0 Å². The summed E-state index contributed by atoms with van der Waals surface area (Å²) in [5.41, 5.74) is 7.23. The molecule has 0 amide bonds. The van der Waals surface area contributed by atoms with Gasteiger partial charge in [-0.15, -0.1) is 0 Å². The molecule has 0 bridgehead atoms. The highest BCUT2D eigenvalue weighted by Crippen LogP contribution is 2.26. The number of nitrogens with two attached hydrogens (primary N) is 1. The van der Waals surface area contributed by atoms with E-state index in [2.05, 4.69) is 16.9 Å². The number of aryl methyl sites for hydroxylation is 1. The molecule has 1 aromatic rings. The fraction of sp³-hybridized carbons (Fsp3) is 0.769. The van der Waals surface area contributed by atoms with Gasteiger partial charge in [-0.3, -0.25) is 9.58 Å². The number of rotatable bonds is 5. The summed E-state index contributed by atoms with van der Waals surface area (Å²) < 4.78 is 7.68. The van der Waals surface area contributed by atoms with Crippen LogP contribution >= 0.6 is 11.6 Å². The first-order valence-electron chi connectivity index (χ1n) is 6.98. The van der Waals surface area contributed by atoms with E-state index in [4.69, 9.17) is 22.1 Å². The second-order valence-corrected chi connectivity index (χ2v) is 5.34. The average Bonchev–Trinajstić information content (AvgIpc) is 2.80. The summed E-state index contributed by atoms with van der Waals surface area (Å²) in [5, 5.41) is 4.87. The van der Waals surface area contributed by atoms with E-state index in [0.29, 0.717) is 5.02 Å². The lowest BCUT2D eigenvalue weighted by molar-refractivity contribution is -0.0419. The molecule has 1 aliphatic heterocycles. The molecule has 108 valence electrons. The monoisotopic (exact) mass is 286 g/mol. The van der Waals surface area contributed by atoms with Crippen LogP contribution in [0, 0.1) is 0 Å². The SMILES string of the molecule is CCCN1CCOC(C(N)c2c(Cl)cnn2CC)C1. The molecule has 2 unspecified atom stereocenters. The molecule has 0 aromatic carbocycles. The molecule has 2 atom stereocenters. The van der Waals surface area contributed by atoms with Gasteiger partial charge in [-0.25, -0.2) is 0 Å². The summed E-state index contributed by atoms with van der Waals surface area (Å²) in [6.07, 6.45) is 2.79. The molecule has 0 radical (unpaired) electrons. The van der Waals surface area contributed by atoms with Crippen LogP contribution in [-0.4, -0.2) is 47.0 Å². The number of halogens is 1. The molecular formula is C13H23ClN4O. The Labute approximate surface area is 119 Å². The normalized spacial score (nSPS) is 22.6. The van der Waals surface area contributed by atoms with Crippen LogP contribution in [0.25, 0.3) is 0 Å². The Balaban J connectivity index is 2.10. The van der Waals surface area contributed by atoms with Crippen LogP contribution in [0.1, 0.15) is 32.0 Å². The zero-order chi connectivity index (χ0) is 13.8.